The summed E-state index contributed by atoms with van der Waals surface area (Å²) >= 11 is 0. The van der Waals surface area contributed by atoms with Gasteiger partial charge >= 0.3 is 0 Å². The van der Waals surface area contributed by atoms with E-state index in [1.807, 2.05) is 7.05 Å². The first-order chi connectivity index (χ1) is 9.97. The van der Waals surface area contributed by atoms with Crippen LogP contribution in [0.1, 0.15) is 23.2 Å². The van der Waals surface area contributed by atoms with Crippen LogP contribution in [0.5, 0.6) is 0 Å². The highest BCUT2D eigenvalue weighted by Gasteiger charge is 2.40. The minimum absolute atomic E-state index is 0.0907. The Labute approximate surface area is 120 Å². The van der Waals surface area contributed by atoms with E-state index in [-0.39, 0.29) is 12.1 Å². The molecule has 2 saturated heterocycles. The van der Waals surface area contributed by atoms with E-state index in [0.717, 1.165) is 6.07 Å². The summed E-state index contributed by atoms with van der Waals surface area (Å²) in [4.78, 5) is 14.6. The number of ketones is 1. The van der Waals surface area contributed by atoms with Gasteiger partial charge in [-0.25, -0.2) is 13.2 Å². The molecule has 0 amide bonds. The summed E-state index contributed by atoms with van der Waals surface area (Å²) in [5, 5.41) is 0. The van der Waals surface area contributed by atoms with E-state index in [9.17, 15) is 18.0 Å². The minimum Gasteiger partial charge on any atom is -0.378 e. The average Bonchev–Trinajstić information content (AvgIpc) is 2.41. The molecule has 2 fully saturated rings. The molecule has 3 nitrogen and oxygen atoms in total. The molecule has 1 aromatic rings. The molecule has 6 heteroatoms. The molecule has 0 aliphatic carbocycles. The number of hydrogen-bond acceptors (Lipinski definition) is 3. The smallest absolute Gasteiger partial charge is 0.169 e. The van der Waals surface area contributed by atoms with Gasteiger partial charge in [0.25, 0.3) is 0 Å². The van der Waals surface area contributed by atoms with E-state index in [1.165, 1.54) is 0 Å². The lowest BCUT2D eigenvalue weighted by atomic mass is 9.81. The zero-order chi connectivity index (χ0) is 15.1. The highest BCUT2D eigenvalue weighted by atomic mass is 19.2. The normalized spacial score (nSPS) is 29.4. The predicted octanol–water partition coefficient (Wildman–Crippen LogP) is 2.40. The molecule has 2 aliphatic heterocycles. The van der Waals surface area contributed by atoms with Crippen LogP contribution in [0.2, 0.25) is 0 Å². The largest absolute Gasteiger partial charge is 0.378 e. The molecule has 21 heavy (non-hydrogen) atoms. The summed E-state index contributed by atoms with van der Waals surface area (Å²) in [5.74, 6) is -4.46. The van der Waals surface area contributed by atoms with Crippen molar-refractivity contribution in [1.82, 2.24) is 4.90 Å². The first-order valence-electron chi connectivity index (χ1n) is 6.95. The van der Waals surface area contributed by atoms with Crippen LogP contribution in [0, 0.1) is 23.4 Å². The van der Waals surface area contributed by atoms with Crippen LogP contribution in [0.25, 0.3) is 0 Å². The number of nitrogens with zero attached hydrogens (tertiary/aromatic N) is 1. The Balaban J connectivity index is 1.86. The van der Waals surface area contributed by atoms with Crippen molar-refractivity contribution < 1.29 is 22.7 Å². The van der Waals surface area contributed by atoms with Gasteiger partial charge in [0, 0.05) is 24.1 Å². The van der Waals surface area contributed by atoms with Gasteiger partial charge in [-0.05, 0) is 26.0 Å². The van der Waals surface area contributed by atoms with E-state index in [1.54, 1.807) is 0 Å². The summed E-state index contributed by atoms with van der Waals surface area (Å²) < 4.78 is 45.7. The molecule has 0 saturated carbocycles. The number of carbonyl (C=O) groups excluding carboxylic acids is 1. The monoisotopic (exact) mass is 299 g/mol. The lowest BCUT2D eigenvalue weighted by molar-refractivity contribution is -0.0703. The first-order valence-corrected chi connectivity index (χ1v) is 6.95. The quantitative estimate of drug-likeness (QED) is 0.620. The number of benzene rings is 1. The zero-order valence-electron chi connectivity index (χ0n) is 11.6. The van der Waals surface area contributed by atoms with E-state index < -0.39 is 34.7 Å². The van der Waals surface area contributed by atoms with Gasteiger partial charge in [-0.15, -0.1) is 0 Å². The van der Waals surface area contributed by atoms with Crippen molar-refractivity contribution in [2.45, 2.75) is 24.9 Å². The molecule has 2 atom stereocenters. The second-order valence-corrected chi connectivity index (χ2v) is 5.79. The topological polar surface area (TPSA) is 29.5 Å². The number of ether oxygens (including phenoxy) is 1. The molecule has 2 bridgehead atoms. The number of fused-ring (bicyclic) bond motifs is 2. The highest BCUT2D eigenvalue weighted by Crippen LogP contribution is 2.33. The van der Waals surface area contributed by atoms with Crippen molar-refractivity contribution >= 4 is 5.78 Å². The number of morpholine rings is 1. The van der Waals surface area contributed by atoms with Crippen LogP contribution in [0.15, 0.2) is 12.1 Å². The number of piperidine rings is 1. The van der Waals surface area contributed by atoms with E-state index in [2.05, 4.69) is 4.90 Å². The van der Waals surface area contributed by atoms with Gasteiger partial charge in [0.15, 0.2) is 17.4 Å². The fraction of sp³-hybridized carbons (Fsp3) is 0.533. The van der Waals surface area contributed by atoms with Crippen LogP contribution in [-0.2, 0) is 4.74 Å². The van der Waals surface area contributed by atoms with Gasteiger partial charge < -0.3 is 4.74 Å². The Bertz CT molecular complexity index is 564. The molecule has 0 radical (unpaired) electrons. The third kappa shape index (κ3) is 2.58. The third-order valence-electron chi connectivity index (χ3n) is 4.51. The third-order valence-corrected chi connectivity index (χ3v) is 4.51. The second kappa shape index (κ2) is 5.42. The maximum absolute atomic E-state index is 13.8. The van der Waals surface area contributed by atoms with Crippen molar-refractivity contribution in [3.8, 4) is 0 Å². The summed E-state index contributed by atoms with van der Waals surface area (Å²) in [5.41, 5.74) is -0.485. The number of rotatable bonds is 2. The van der Waals surface area contributed by atoms with E-state index in [0.29, 0.717) is 32.1 Å². The molecule has 2 unspecified atom stereocenters. The Morgan fingerprint density at radius 1 is 1.19 bits per heavy atom. The highest BCUT2D eigenvalue weighted by molar-refractivity contribution is 5.98. The van der Waals surface area contributed by atoms with Gasteiger partial charge in [-0.2, -0.15) is 0 Å². The predicted molar refractivity (Wildman–Crippen MR) is 69.5 cm³/mol. The van der Waals surface area contributed by atoms with Crippen LogP contribution in [0.3, 0.4) is 0 Å². The molecule has 3 rings (SSSR count). The molecule has 0 spiro atoms. The van der Waals surface area contributed by atoms with Gasteiger partial charge in [0.2, 0.25) is 0 Å². The Morgan fingerprint density at radius 2 is 1.81 bits per heavy atom. The van der Waals surface area contributed by atoms with Gasteiger partial charge in [0.1, 0.15) is 5.82 Å². The van der Waals surface area contributed by atoms with Crippen LogP contribution >= 0.6 is 0 Å². The summed E-state index contributed by atoms with van der Waals surface area (Å²) in [7, 11) is 1.97. The van der Waals surface area contributed by atoms with Crippen molar-refractivity contribution in [3.63, 3.8) is 0 Å². The fourth-order valence-corrected chi connectivity index (χ4v) is 3.26. The zero-order valence-corrected chi connectivity index (χ0v) is 11.6. The Morgan fingerprint density at radius 3 is 2.43 bits per heavy atom. The Kier molecular flexibility index (Phi) is 3.75. The number of likely N-dealkylation sites (N-methyl/N-ethyl adjacent to an activating group) is 1. The van der Waals surface area contributed by atoms with Crippen LogP contribution < -0.4 is 0 Å². The van der Waals surface area contributed by atoms with Gasteiger partial charge in [0.05, 0.1) is 18.8 Å². The summed E-state index contributed by atoms with van der Waals surface area (Å²) in [6.45, 7) is 1.05. The van der Waals surface area contributed by atoms with E-state index >= 15 is 0 Å². The maximum atomic E-state index is 13.8. The molecule has 0 N–H and O–H groups in total. The minimum atomic E-state index is -1.32. The number of carbonyl (C=O) groups is 1. The summed E-state index contributed by atoms with van der Waals surface area (Å²) in [6.07, 6.45) is 1.03. The number of Topliss-reactive ketones (excluding diaryl/α,β-unsaturated/α-hetero) is 1. The number of halogens is 3. The van der Waals surface area contributed by atoms with Crippen molar-refractivity contribution in [2.24, 2.45) is 5.92 Å². The van der Waals surface area contributed by atoms with Gasteiger partial charge in [-0.3, -0.25) is 9.69 Å². The maximum Gasteiger partial charge on any atom is 0.169 e. The molecule has 2 aliphatic rings. The van der Waals surface area contributed by atoms with Crippen LogP contribution in [0.4, 0.5) is 13.2 Å². The SMILES string of the molecule is CN1C2COCC1CC(C(=O)c1cc(F)cc(F)c1F)C2. The second-order valence-electron chi connectivity index (χ2n) is 5.79. The standard InChI is InChI=1S/C15H16F3NO2/c1-19-10-2-8(3-11(19)7-21-6-10)15(20)12-4-9(16)5-13(17)14(12)18/h4-5,8,10-11H,2-3,6-7H2,1H3. The van der Waals surface area contributed by atoms with Gasteiger partial charge in [-0.1, -0.05) is 0 Å². The molecule has 114 valence electrons. The fourth-order valence-electron chi connectivity index (χ4n) is 3.26. The average molecular weight is 299 g/mol. The van der Waals surface area contributed by atoms with E-state index in [4.69, 9.17) is 4.74 Å². The summed E-state index contributed by atoms with van der Waals surface area (Å²) in [6, 6.07) is 1.41. The molecular weight excluding hydrogens is 283 g/mol. The molecular formula is C15H16F3NO2. The first kappa shape index (κ1) is 14.5. The molecule has 0 aromatic heterocycles. The number of hydrogen-bond donors (Lipinski definition) is 0. The van der Waals surface area contributed by atoms with Crippen LogP contribution in [-0.4, -0.2) is 43.0 Å². The van der Waals surface area contributed by atoms with Crippen molar-refractivity contribution in [2.75, 3.05) is 20.3 Å². The lowest BCUT2D eigenvalue weighted by Crippen LogP contribution is -2.55. The molecule has 2 heterocycles. The molecule has 1 aromatic carbocycles. The van der Waals surface area contributed by atoms with Crippen molar-refractivity contribution in [3.05, 3.63) is 35.1 Å². The lowest BCUT2D eigenvalue weighted by Gasteiger charge is -2.46. The van der Waals surface area contributed by atoms with Crippen molar-refractivity contribution in [1.29, 1.82) is 0 Å². The Hall–Kier alpha value is -1.40.